The van der Waals surface area contributed by atoms with E-state index < -0.39 is 9.28 Å². The molecule has 0 radical (unpaired) electrons. The molecule has 9 heavy (non-hydrogen) atoms. The summed E-state index contributed by atoms with van der Waals surface area (Å²) in [6, 6.07) is 0. The van der Waals surface area contributed by atoms with E-state index in [-0.39, 0.29) is 32.7 Å². The first-order valence-corrected chi connectivity index (χ1v) is 3.96. The summed E-state index contributed by atoms with van der Waals surface area (Å²) in [6.45, 7) is 1.97. The maximum Gasteiger partial charge on any atom is 4.00 e. The van der Waals surface area contributed by atoms with Crippen LogP contribution in [-0.2, 0) is 41.5 Å². The molecule has 0 aliphatic rings. The molecule has 0 amide bonds. The minimum Gasteiger partial charge on any atom is -2.00 e. The molecule has 0 aromatic heterocycles. The van der Waals surface area contributed by atoms with Crippen LogP contribution in [-0.4, -0.2) is 23.5 Å². The SMILES string of the molecule is CO[SiH](C)OC.[O-2].[O-2].[Ti+4]. The van der Waals surface area contributed by atoms with Crippen molar-refractivity contribution >= 4 is 9.28 Å². The van der Waals surface area contributed by atoms with Gasteiger partial charge in [0.15, 0.2) is 0 Å². The van der Waals surface area contributed by atoms with Gasteiger partial charge in [0.1, 0.15) is 0 Å². The Hall–Kier alpha value is 0.771. The molecule has 0 bridgehead atoms. The molecule has 6 heteroatoms. The van der Waals surface area contributed by atoms with Gasteiger partial charge in [0.2, 0.25) is 0 Å². The molecule has 4 nitrogen and oxygen atoms in total. The van der Waals surface area contributed by atoms with E-state index in [1.807, 2.05) is 6.55 Å². The largest absolute Gasteiger partial charge is 4.00 e. The molecule has 54 valence electrons. The second-order valence-corrected chi connectivity index (χ2v) is 3.12. The molecule has 0 saturated heterocycles. The molecule has 0 aromatic carbocycles. The van der Waals surface area contributed by atoms with Crippen LogP contribution < -0.4 is 0 Å². The van der Waals surface area contributed by atoms with Gasteiger partial charge >= 0.3 is 31.0 Å². The van der Waals surface area contributed by atoms with Crippen LogP contribution in [0.4, 0.5) is 0 Å². The second-order valence-electron chi connectivity index (χ2n) is 1.04. The molecule has 0 saturated carbocycles. The van der Waals surface area contributed by atoms with Crippen LogP contribution in [0.5, 0.6) is 0 Å². The van der Waals surface area contributed by atoms with Crippen molar-refractivity contribution in [2.75, 3.05) is 14.2 Å². The molecular formula is C3H10O4SiTi. The standard InChI is InChI=1S/C3H10O2Si.2O.Ti/c1-4-6(3)5-2;;;/h6H,1-3H3;;;/q;2*-2;+4. The molecule has 0 fully saturated rings. The van der Waals surface area contributed by atoms with Crippen molar-refractivity contribution in [1.82, 2.24) is 0 Å². The molecule has 0 atom stereocenters. The minimum atomic E-state index is -1.16. The Morgan fingerprint density at radius 3 is 1.22 bits per heavy atom. The Morgan fingerprint density at radius 1 is 1.00 bits per heavy atom. The van der Waals surface area contributed by atoms with Gasteiger partial charge in [-0.3, -0.25) is 0 Å². The van der Waals surface area contributed by atoms with Gasteiger partial charge in [-0.25, -0.2) is 0 Å². The topological polar surface area (TPSA) is 75.5 Å². The van der Waals surface area contributed by atoms with Gasteiger partial charge in [0.25, 0.3) is 0 Å². The van der Waals surface area contributed by atoms with E-state index in [1.54, 1.807) is 14.2 Å². The molecular weight excluding hydrogens is 176 g/mol. The van der Waals surface area contributed by atoms with E-state index >= 15 is 0 Å². The molecule has 0 aromatic rings. The van der Waals surface area contributed by atoms with Crippen LogP contribution >= 0.6 is 0 Å². The van der Waals surface area contributed by atoms with Gasteiger partial charge < -0.3 is 19.8 Å². The monoisotopic (exact) mass is 186 g/mol. The van der Waals surface area contributed by atoms with Crippen molar-refractivity contribution in [3.63, 3.8) is 0 Å². The first-order chi connectivity index (χ1) is 2.81. The molecule has 0 aliphatic carbocycles. The zero-order valence-electron chi connectivity index (χ0n) is 5.71. The Balaban J connectivity index is -0.0000000417. The molecule has 0 aliphatic heterocycles. The van der Waals surface area contributed by atoms with Gasteiger partial charge in [-0.15, -0.1) is 0 Å². The van der Waals surface area contributed by atoms with Crippen LogP contribution in [0.15, 0.2) is 0 Å². The van der Waals surface area contributed by atoms with E-state index in [1.165, 1.54) is 0 Å². The third-order valence-corrected chi connectivity index (χ3v) is 1.99. The van der Waals surface area contributed by atoms with Crippen LogP contribution in [0.1, 0.15) is 0 Å². The van der Waals surface area contributed by atoms with Crippen molar-refractivity contribution in [1.29, 1.82) is 0 Å². The summed E-state index contributed by atoms with van der Waals surface area (Å²) in [4.78, 5) is 0. The quantitative estimate of drug-likeness (QED) is 0.564. The Kier molecular flexibility index (Phi) is 39.9. The first-order valence-electron chi connectivity index (χ1n) is 1.87. The third-order valence-electron chi connectivity index (χ3n) is 0.664. The van der Waals surface area contributed by atoms with E-state index in [4.69, 9.17) is 8.85 Å². The Labute approximate surface area is 71.9 Å². The fourth-order valence-electron chi connectivity index (χ4n) is 0.0962. The fraction of sp³-hybridized carbons (Fsp3) is 1.00. The first kappa shape index (κ1) is 22.6. The van der Waals surface area contributed by atoms with Crippen molar-refractivity contribution in [2.45, 2.75) is 6.55 Å². The van der Waals surface area contributed by atoms with Gasteiger partial charge in [0, 0.05) is 14.2 Å². The average molecular weight is 186 g/mol. The van der Waals surface area contributed by atoms with E-state index in [0.717, 1.165) is 0 Å². The van der Waals surface area contributed by atoms with Gasteiger partial charge in [-0.05, 0) is 6.55 Å². The predicted molar refractivity (Wildman–Crippen MR) is 28.4 cm³/mol. The molecule has 0 N–H and O–H groups in total. The molecule has 0 heterocycles. The van der Waals surface area contributed by atoms with Crippen molar-refractivity contribution in [2.24, 2.45) is 0 Å². The van der Waals surface area contributed by atoms with Crippen LogP contribution in [0.25, 0.3) is 0 Å². The van der Waals surface area contributed by atoms with E-state index in [9.17, 15) is 0 Å². The van der Waals surface area contributed by atoms with Crippen molar-refractivity contribution < 1.29 is 41.5 Å². The molecule has 0 unspecified atom stereocenters. The maximum absolute atomic E-state index is 4.82. The zero-order valence-corrected chi connectivity index (χ0v) is 8.43. The molecule has 0 spiro atoms. The normalized spacial score (nSPS) is 6.67. The Bertz CT molecular complexity index is 35.0. The number of hydrogen-bond donors (Lipinski definition) is 0. The summed E-state index contributed by atoms with van der Waals surface area (Å²) in [5.41, 5.74) is 0. The summed E-state index contributed by atoms with van der Waals surface area (Å²) in [7, 11) is 2.17. The number of rotatable bonds is 2. The summed E-state index contributed by atoms with van der Waals surface area (Å²) in [6.07, 6.45) is 0. The summed E-state index contributed by atoms with van der Waals surface area (Å²) in [5, 5.41) is 0. The number of hydrogen-bond acceptors (Lipinski definition) is 2. The zero-order chi connectivity index (χ0) is 4.99. The minimum absolute atomic E-state index is 0. The summed E-state index contributed by atoms with van der Waals surface area (Å²) < 4.78 is 9.63. The summed E-state index contributed by atoms with van der Waals surface area (Å²) in [5.74, 6) is 0. The van der Waals surface area contributed by atoms with Crippen molar-refractivity contribution in [3.05, 3.63) is 0 Å². The van der Waals surface area contributed by atoms with Crippen LogP contribution in [0, 0.1) is 0 Å². The molecule has 0 rings (SSSR count). The average Bonchev–Trinajstić information content (AvgIpc) is 1.65. The van der Waals surface area contributed by atoms with E-state index in [0.29, 0.717) is 0 Å². The fourth-order valence-corrected chi connectivity index (χ4v) is 0.289. The smallest absolute Gasteiger partial charge is 2.00 e. The van der Waals surface area contributed by atoms with E-state index in [2.05, 4.69) is 0 Å². The van der Waals surface area contributed by atoms with Gasteiger partial charge in [-0.2, -0.15) is 0 Å². The van der Waals surface area contributed by atoms with Crippen LogP contribution in [0.3, 0.4) is 0 Å². The van der Waals surface area contributed by atoms with Gasteiger partial charge in [-0.1, -0.05) is 0 Å². The third kappa shape index (κ3) is 17.7. The Morgan fingerprint density at radius 2 is 1.22 bits per heavy atom. The van der Waals surface area contributed by atoms with Crippen LogP contribution in [0.2, 0.25) is 6.55 Å². The van der Waals surface area contributed by atoms with Gasteiger partial charge in [0.05, 0.1) is 0 Å². The predicted octanol–water partition coefficient (Wildman–Crippen LogP) is -0.111. The van der Waals surface area contributed by atoms with Crippen molar-refractivity contribution in [3.8, 4) is 0 Å². The second kappa shape index (κ2) is 15.9. The maximum atomic E-state index is 4.82. The summed E-state index contributed by atoms with van der Waals surface area (Å²) >= 11 is 0.